The zero-order valence-electron chi connectivity index (χ0n) is 20.1. The maximum absolute atomic E-state index is 12.8. The molecule has 0 spiro atoms. The summed E-state index contributed by atoms with van der Waals surface area (Å²) in [6.07, 6.45) is 0. The van der Waals surface area contributed by atoms with Gasteiger partial charge in [-0.2, -0.15) is 0 Å². The van der Waals surface area contributed by atoms with Crippen LogP contribution in [-0.4, -0.2) is 82.8 Å². The van der Waals surface area contributed by atoms with Gasteiger partial charge in [-0.05, 0) is 17.7 Å². The molecule has 192 valence electrons. The molecule has 0 atom stereocenters. The number of carbonyl (C=O) groups excluding carboxylic acids is 1. The number of benzene rings is 2. The summed E-state index contributed by atoms with van der Waals surface area (Å²) < 4.78 is 21.7. The molecule has 3 rings (SSSR count). The molecule has 2 aliphatic rings. The number of hydrogen-bond acceptors (Lipinski definition) is 10. The first-order valence-electron chi connectivity index (χ1n) is 11.2. The number of nitrogens with zero attached hydrogens (tertiary/aromatic N) is 5. The summed E-state index contributed by atoms with van der Waals surface area (Å²) in [5.74, 6) is -1.29. The summed E-state index contributed by atoms with van der Waals surface area (Å²) in [6.45, 7) is 2.47. The lowest BCUT2D eigenvalue weighted by Crippen LogP contribution is -2.29. The number of fused-ring (bicyclic) bond motifs is 2. The van der Waals surface area contributed by atoms with Gasteiger partial charge in [-0.3, -0.25) is 9.59 Å². The number of rotatable bonds is 14. The van der Waals surface area contributed by atoms with Gasteiger partial charge in [-0.25, -0.2) is 4.98 Å². The van der Waals surface area contributed by atoms with Gasteiger partial charge in [-0.1, -0.05) is 5.11 Å². The van der Waals surface area contributed by atoms with Gasteiger partial charge in [0.25, 0.3) is 5.91 Å². The monoisotopic (exact) mass is 500 g/mol. The first kappa shape index (κ1) is 26.7. The predicted molar refractivity (Wildman–Crippen MR) is 132 cm³/mol. The highest BCUT2D eigenvalue weighted by molar-refractivity contribution is 6.01. The molecule has 0 radical (unpaired) electrons. The number of hydrogen-bond donors (Lipinski definition) is 2. The number of azide groups is 1. The molecule has 1 aliphatic heterocycles. The minimum atomic E-state index is -0.739. The fourth-order valence-electron chi connectivity index (χ4n) is 3.20. The molecule has 2 N–H and O–H groups in total. The van der Waals surface area contributed by atoms with Gasteiger partial charge in [0.05, 0.1) is 45.2 Å². The molecule has 0 unspecified atom stereocenters. The molecule has 0 fully saturated rings. The van der Waals surface area contributed by atoms with Gasteiger partial charge in [-0.15, -0.1) is 0 Å². The van der Waals surface area contributed by atoms with Gasteiger partial charge in [0.15, 0.2) is 11.3 Å². The number of phenolic OH excluding ortho intramolecular Hbond substituents is 1. The molecular formula is C23H28N6O7. The normalized spacial score (nSPS) is 10.9. The molecule has 0 saturated carbocycles. The van der Waals surface area contributed by atoms with Crippen LogP contribution in [0.5, 0.6) is 5.75 Å². The van der Waals surface area contributed by atoms with Crippen LogP contribution >= 0.6 is 0 Å². The average Bonchev–Trinajstić information content (AvgIpc) is 2.87. The fourth-order valence-corrected chi connectivity index (χ4v) is 3.20. The molecular weight excluding hydrogens is 472 g/mol. The molecule has 1 amide bonds. The molecule has 0 saturated heterocycles. The number of aromatic nitrogens is 1. The summed E-state index contributed by atoms with van der Waals surface area (Å²) in [6, 6.07) is 6.36. The standard InChI is InChI=1S/C23H28N6O7/c1-29(2)15-3-4-17-19(13-15)36-22-20(27-17)16(14-18(30)21(22)31)23(32)25-5-7-33-9-11-35-12-10-34-8-6-26-28-24/h3-4,13-14,31H,5-12H2,1-2H3,(H,25,32). The van der Waals surface area contributed by atoms with Crippen molar-refractivity contribution in [3.05, 3.63) is 50.5 Å². The quantitative estimate of drug-likeness (QED) is 0.111. The van der Waals surface area contributed by atoms with Crippen LogP contribution in [0.25, 0.3) is 33.0 Å². The highest BCUT2D eigenvalue weighted by Crippen LogP contribution is 2.33. The second-order valence-electron chi connectivity index (χ2n) is 7.76. The van der Waals surface area contributed by atoms with Crippen molar-refractivity contribution >= 4 is 22.7 Å². The summed E-state index contributed by atoms with van der Waals surface area (Å²) in [4.78, 5) is 34.0. The minimum absolute atomic E-state index is 0.000991. The number of phenols is 1. The van der Waals surface area contributed by atoms with E-state index in [0.29, 0.717) is 44.1 Å². The Morgan fingerprint density at radius 2 is 1.83 bits per heavy atom. The van der Waals surface area contributed by atoms with Crippen LogP contribution in [0, 0.1) is 0 Å². The van der Waals surface area contributed by atoms with Crippen molar-refractivity contribution in [3.8, 4) is 17.2 Å². The molecule has 0 aromatic heterocycles. The SMILES string of the molecule is CN(C)c1ccc2nc3c(C(=O)NCCOCCOCCOCCN=[N+]=[N-])cc(=O)c(O)c-3oc2c1. The third-order valence-electron chi connectivity index (χ3n) is 5.02. The Morgan fingerprint density at radius 3 is 2.53 bits per heavy atom. The maximum atomic E-state index is 12.8. The van der Waals surface area contributed by atoms with Crippen LogP contribution in [-0.2, 0) is 14.2 Å². The lowest BCUT2D eigenvalue weighted by Gasteiger charge is -2.15. The van der Waals surface area contributed by atoms with E-state index in [2.05, 4.69) is 20.3 Å². The largest absolute Gasteiger partial charge is 0.501 e. The average molecular weight is 501 g/mol. The Labute approximate surface area is 206 Å². The van der Waals surface area contributed by atoms with E-state index in [1.165, 1.54) is 0 Å². The lowest BCUT2D eigenvalue weighted by atomic mass is 10.1. The minimum Gasteiger partial charge on any atom is -0.501 e. The Kier molecular flexibility index (Phi) is 9.83. The molecule has 13 nitrogen and oxygen atoms in total. The molecule has 0 bridgehead atoms. The van der Waals surface area contributed by atoms with Crippen molar-refractivity contribution in [1.29, 1.82) is 0 Å². The van der Waals surface area contributed by atoms with Crippen molar-refractivity contribution in [3.63, 3.8) is 0 Å². The Bertz CT molecular complexity index is 1260. The van der Waals surface area contributed by atoms with Gasteiger partial charge < -0.3 is 34.0 Å². The van der Waals surface area contributed by atoms with E-state index >= 15 is 0 Å². The summed E-state index contributed by atoms with van der Waals surface area (Å²) in [5.41, 5.74) is 9.19. The van der Waals surface area contributed by atoms with Gasteiger partial charge in [0.2, 0.25) is 11.2 Å². The van der Waals surface area contributed by atoms with E-state index < -0.39 is 17.1 Å². The van der Waals surface area contributed by atoms with Crippen molar-refractivity contribution < 1.29 is 28.5 Å². The highest BCUT2D eigenvalue weighted by Gasteiger charge is 2.25. The second kappa shape index (κ2) is 13.3. The highest BCUT2D eigenvalue weighted by atomic mass is 16.5. The van der Waals surface area contributed by atoms with Crippen LogP contribution in [0.2, 0.25) is 0 Å². The lowest BCUT2D eigenvalue weighted by molar-refractivity contribution is 0.0166. The third kappa shape index (κ3) is 7.06. The summed E-state index contributed by atoms with van der Waals surface area (Å²) in [5, 5.41) is 16.3. The van der Waals surface area contributed by atoms with Gasteiger partial charge >= 0.3 is 0 Å². The van der Waals surface area contributed by atoms with E-state index in [0.717, 1.165) is 11.8 Å². The maximum Gasteiger partial charge on any atom is 0.253 e. The zero-order chi connectivity index (χ0) is 25.9. The molecule has 1 aromatic carbocycles. The van der Waals surface area contributed by atoms with Crippen molar-refractivity contribution in [2.75, 3.05) is 71.7 Å². The summed E-state index contributed by atoms with van der Waals surface area (Å²) >= 11 is 0. The van der Waals surface area contributed by atoms with Crippen LogP contribution in [0.15, 0.2) is 38.6 Å². The number of anilines is 1. The summed E-state index contributed by atoms with van der Waals surface area (Å²) in [7, 11) is 3.74. The molecule has 13 heteroatoms. The van der Waals surface area contributed by atoms with Crippen LogP contribution in [0.1, 0.15) is 10.4 Å². The number of amides is 1. The van der Waals surface area contributed by atoms with E-state index in [4.69, 9.17) is 24.2 Å². The predicted octanol–water partition coefficient (Wildman–Crippen LogP) is 2.15. The van der Waals surface area contributed by atoms with E-state index in [1.54, 1.807) is 12.1 Å². The first-order valence-corrected chi connectivity index (χ1v) is 11.2. The number of aromatic hydroxyl groups is 1. The third-order valence-corrected chi connectivity index (χ3v) is 5.02. The zero-order valence-corrected chi connectivity index (χ0v) is 20.1. The van der Waals surface area contributed by atoms with Crippen LogP contribution in [0.4, 0.5) is 5.69 Å². The first-order chi connectivity index (χ1) is 17.4. The van der Waals surface area contributed by atoms with Crippen molar-refractivity contribution in [2.45, 2.75) is 0 Å². The number of ether oxygens (including phenoxy) is 3. The Balaban J connectivity index is 1.52. The second-order valence-corrected chi connectivity index (χ2v) is 7.76. The van der Waals surface area contributed by atoms with Gasteiger partial charge in [0, 0.05) is 49.9 Å². The van der Waals surface area contributed by atoms with Crippen molar-refractivity contribution in [2.24, 2.45) is 5.11 Å². The number of nitrogens with one attached hydrogen (secondary N) is 1. The number of carbonyl (C=O) groups is 1. The van der Waals surface area contributed by atoms with Crippen molar-refractivity contribution in [1.82, 2.24) is 10.3 Å². The van der Waals surface area contributed by atoms with E-state index in [9.17, 15) is 14.7 Å². The Hall–Kier alpha value is -3.90. The van der Waals surface area contributed by atoms with Crippen LogP contribution in [0.3, 0.4) is 0 Å². The molecule has 1 heterocycles. The van der Waals surface area contributed by atoms with E-state index in [-0.39, 0.29) is 36.7 Å². The van der Waals surface area contributed by atoms with Crippen LogP contribution < -0.4 is 15.6 Å². The topological polar surface area (TPSA) is 172 Å². The smallest absolute Gasteiger partial charge is 0.253 e. The van der Waals surface area contributed by atoms with Gasteiger partial charge in [0.1, 0.15) is 11.2 Å². The molecule has 36 heavy (non-hydrogen) atoms. The molecule has 1 aromatic rings. The van der Waals surface area contributed by atoms with E-state index in [1.807, 2.05) is 25.1 Å². The molecule has 1 aliphatic carbocycles. The fraction of sp³-hybridized carbons (Fsp3) is 0.435. The Morgan fingerprint density at radius 1 is 1.14 bits per heavy atom.